The number of ether oxygens (including phenoxy) is 1. The Labute approximate surface area is 200 Å². The number of carbonyl (C=O) groups excluding carboxylic acids is 2. The van der Waals surface area contributed by atoms with Gasteiger partial charge in [0.2, 0.25) is 5.91 Å². The largest absolute Gasteiger partial charge is 0.394 e. The summed E-state index contributed by atoms with van der Waals surface area (Å²) in [5, 5.41) is 5.75. The molecular formula is C23H29F3N6O3. The van der Waals surface area contributed by atoms with Crippen molar-refractivity contribution in [2.75, 3.05) is 22.9 Å². The topological polar surface area (TPSA) is 98.0 Å². The van der Waals surface area contributed by atoms with Gasteiger partial charge in [0.15, 0.2) is 6.35 Å². The normalized spacial score (nSPS) is 38.5. The van der Waals surface area contributed by atoms with Gasteiger partial charge < -0.3 is 9.64 Å². The van der Waals surface area contributed by atoms with Crippen LogP contribution in [0.3, 0.4) is 0 Å². The number of alkyl halides is 3. The highest BCUT2D eigenvalue weighted by atomic mass is 19.4. The third-order valence-electron chi connectivity index (χ3n) is 8.53. The van der Waals surface area contributed by atoms with Gasteiger partial charge in [-0.2, -0.15) is 13.2 Å². The SMILES string of the molecule is Cc1cc(N2CCC(=O)NC2=O)ccc1N1C[C@H](NC2NNC(C34CC(C(F)(F)F)(C3)C4)O2)[C@H]1C. The van der Waals surface area contributed by atoms with Gasteiger partial charge in [-0.05, 0) is 56.9 Å². The van der Waals surface area contributed by atoms with Crippen LogP contribution in [-0.2, 0) is 9.53 Å². The first-order valence-corrected chi connectivity index (χ1v) is 12.0. The van der Waals surface area contributed by atoms with E-state index in [4.69, 9.17) is 4.74 Å². The Morgan fingerprint density at radius 1 is 1.17 bits per heavy atom. The number of amides is 3. The molecule has 0 spiro atoms. The van der Waals surface area contributed by atoms with Crippen LogP contribution < -0.4 is 31.3 Å². The molecule has 35 heavy (non-hydrogen) atoms. The lowest BCUT2D eigenvalue weighted by molar-refractivity contribution is -0.384. The predicted molar refractivity (Wildman–Crippen MR) is 120 cm³/mol. The summed E-state index contributed by atoms with van der Waals surface area (Å²) in [5.74, 6) is -0.260. The molecule has 3 aliphatic heterocycles. The lowest BCUT2D eigenvalue weighted by Crippen LogP contribution is -2.73. The van der Waals surface area contributed by atoms with Crippen molar-refractivity contribution in [3.63, 3.8) is 0 Å². The van der Waals surface area contributed by atoms with Gasteiger partial charge in [0, 0.05) is 48.4 Å². The second-order valence-electron chi connectivity index (χ2n) is 10.7. The van der Waals surface area contributed by atoms with Gasteiger partial charge in [0.05, 0.1) is 5.41 Å². The average molecular weight is 495 g/mol. The summed E-state index contributed by atoms with van der Waals surface area (Å²) >= 11 is 0. The zero-order chi connectivity index (χ0) is 24.8. The van der Waals surface area contributed by atoms with E-state index in [9.17, 15) is 22.8 Å². The number of aryl methyl sites for hydroxylation is 1. The molecule has 9 nitrogen and oxygen atoms in total. The number of rotatable bonds is 5. The first kappa shape index (κ1) is 23.0. The van der Waals surface area contributed by atoms with Gasteiger partial charge in [-0.3, -0.25) is 20.3 Å². The van der Waals surface area contributed by atoms with Crippen LogP contribution in [0.4, 0.5) is 29.3 Å². The molecule has 0 radical (unpaired) electrons. The third kappa shape index (κ3) is 3.45. The highest BCUT2D eigenvalue weighted by Gasteiger charge is 2.81. The number of nitrogens with one attached hydrogen (secondary N) is 4. The number of hydrazine groups is 1. The van der Waals surface area contributed by atoms with Crippen molar-refractivity contribution in [1.29, 1.82) is 0 Å². The highest BCUT2D eigenvalue weighted by molar-refractivity contribution is 6.05. The number of hydrogen-bond donors (Lipinski definition) is 4. The minimum atomic E-state index is -4.13. The van der Waals surface area contributed by atoms with Gasteiger partial charge in [0.25, 0.3) is 0 Å². The Balaban J connectivity index is 1.02. The highest BCUT2D eigenvalue weighted by Crippen LogP contribution is 2.79. The fraction of sp³-hybridized carbons (Fsp3) is 0.652. The molecule has 190 valence electrons. The maximum Gasteiger partial charge on any atom is 0.394 e. The van der Waals surface area contributed by atoms with E-state index >= 15 is 0 Å². The summed E-state index contributed by atoms with van der Waals surface area (Å²) in [4.78, 5) is 27.4. The minimum absolute atomic E-state index is 0.133. The molecule has 2 bridgehead atoms. The fourth-order valence-corrected chi connectivity index (χ4v) is 6.43. The van der Waals surface area contributed by atoms with Crippen LogP contribution in [0.5, 0.6) is 0 Å². The van der Waals surface area contributed by atoms with Crippen molar-refractivity contribution in [2.24, 2.45) is 10.8 Å². The van der Waals surface area contributed by atoms with Crippen LogP contribution in [0.2, 0.25) is 0 Å². The Kier molecular flexibility index (Phi) is 4.96. The van der Waals surface area contributed by atoms with Crippen LogP contribution in [0.25, 0.3) is 0 Å². The smallest absolute Gasteiger partial charge is 0.365 e. The number of imide groups is 1. The van der Waals surface area contributed by atoms with E-state index in [2.05, 4.69) is 33.3 Å². The van der Waals surface area contributed by atoms with Crippen LogP contribution in [0, 0.1) is 17.8 Å². The first-order valence-electron chi connectivity index (χ1n) is 12.0. The molecule has 4 N–H and O–H groups in total. The number of hydrogen-bond acceptors (Lipinski definition) is 7. The molecule has 7 rings (SSSR count). The monoisotopic (exact) mass is 494 g/mol. The predicted octanol–water partition coefficient (Wildman–Crippen LogP) is 2.07. The summed E-state index contributed by atoms with van der Waals surface area (Å²) in [6.45, 7) is 5.20. The molecule has 3 saturated heterocycles. The van der Waals surface area contributed by atoms with Crippen LogP contribution in [-0.4, -0.2) is 55.9 Å². The Morgan fingerprint density at radius 3 is 2.54 bits per heavy atom. The molecular weight excluding hydrogens is 465 g/mol. The van der Waals surface area contributed by atoms with E-state index in [1.807, 2.05) is 25.1 Å². The van der Waals surface area contributed by atoms with Gasteiger partial charge >= 0.3 is 12.2 Å². The van der Waals surface area contributed by atoms with E-state index in [-0.39, 0.29) is 43.7 Å². The van der Waals surface area contributed by atoms with Crippen molar-refractivity contribution in [3.8, 4) is 0 Å². The first-order chi connectivity index (χ1) is 16.5. The van der Waals surface area contributed by atoms with E-state index < -0.39 is 35.6 Å². The van der Waals surface area contributed by atoms with Crippen LogP contribution >= 0.6 is 0 Å². The van der Waals surface area contributed by atoms with Crippen molar-refractivity contribution in [3.05, 3.63) is 23.8 Å². The van der Waals surface area contributed by atoms with E-state index in [1.54, 1.807) is 4.90 Å². The maximum atomic E-state index is 13.2. The van der Waals surface area contributed by atoms with E-state index in [0.29, 0.717) is 6.54 Å². The van der Waals surface area contributed by atoms with Crippen LogP contribution in [0.15, 0.2) is 18.2 Å². The zero-order valence-electron chi connectivity index (χ0n) is 19.5. The second kappa shape index (κ2) is 7.55. The lowest BCUT2D eigenvalue weighted by Gasteiger charge is -2.71. The van der Waals surface area contributed by atoms with Crippen LogP contribution in [0.1, 0.15) is 38.2 Å². The van der Waals surface area contributed by atoms with Gasteiger partial charge in [-0.25, -0.2) is 15.6 Å². The molecule has 6 aliphatic rings. The van der Waals surface area contributed by atoms with Crippen molar-refractivity contribution in [1.82, 2.24) is 21.5 Å². The molecule has 2 unspecified atom stereocenters. The lowest BCUT2D eigenvalue weighted by atomic mass is 9.34. The third-order valence-corrected chi connectivity index (χ3v) is 8.53. The summed E-state index contributed by atoms with van der Waals surface area (Å²) < 4.78 is 45.5. The number of carbonyl (C=O) groups is 2. The standard InChI is InChI=1S/C23H29F3N6O3/c1-12-7-14(31-6-5-17(33)28-20(31)34)3-4-16(12)32-8-15(13(32)2)27-19-30-29-18(35-19)21-9-22(10-21,11-21)23(24,25)26/h3-4,7,13,15,18-19,27,29-30H,5-6,8-11H2,1-2H3,(H,28,33,34)/t13-,15+,18?,19?,21?,22?/m1/s1. The number of urea groups is 1. The molecule has 3 amide bonds. The zero-order valence-corrected chi connectivity index (χ0v) is 19.5. The second-order valence-corrected chi connectivity index (χ2v) is 10.7. The van der Waals surface area contributed by atoms with Gasteiger partial charge in [-0.15, -0.1) is 0 Å². The molecule has 6 fully saturated rings. The molecule has 1 aromatic carbocycles. The summed E-state index contributed by atoms with van der Waals surface area (Å²) in [6, 6.07) is 5.73. The molecule has 3 saturated carbocycles. The Bertz CT molecular complexity index is 1060. The van der Waals surface area contributed by atoms with E-state index in [0.717, 1.165) is 23.5 Å². The fourth-order valence-electron chi connectivity index (χ4n) is 6.43. The maximum absolute atomic E-state index is 13.2. The van der Waals surface area contributed by atoms with Crippen molar-refractivity contribution >= 4 is 23.3 Å². The molecule has 1 aromatic rings. The summed E-state index contributed by atoms with van der Waals surface area (Å²) in [6.07, 6.45) is -4.34. The quantitative estimate of drug-likeness (QED) is 0.498. The summed E-state index contributed by atoms with van der Waals surface area (Å²) in [5.41, 5.74) is 7.02. The molecule has 12 heteroatoms. The molecule has 4 atom stereocenters. The minimum Gasteiger partial charge on any atom is -0.365 e. The Morgan fingerprint density at radius 2 is 1.91 bits per heavy atom. The molecule has 0 aromatic heterocycles. The summed E-state index contributed by atoms with van der Waals surface area (Å²) in [7, 11) is 0. The van der Waals surface area contributed by atoms with E-state index in [1.165, 1.54) is 0 Å². The molecule has 3 heterocycles. The number of nitrogens with zero attached hydrogens (tertiary/aromatic N) is 2. The molecule has 3 aliphatic carbocycles. The average Bonchev–Trinajstić information content (AvgIpc) is 3.16. The van der Waals surface area contributed by atoms with Crippen molar-refractivity contribution in [2.45, 2.75) is 70.4 Å². The van der Waals surface area contributed by atoms with Crippen molar-refractivity contribution < 1.29 is 27.5 Å². The Hall–Kier alpha value is -2.41. The number of anilines is 2. The van der Waals surface area contributed by atoms with Gasteiger partial charge in [-0.1, -0.05) is 0 Å². The van der Waals surface area contributed by atoms with Gasteiger partial charge in [0.1, 0.15) is 6.23 Å². The number of halogens is 3. The number of benzene rings is 1.